The molecule has 2 atom stereocenters. The van der Waals surface area contributed by atoms with Crippen LogP contribution in [-0.4, -0.2) is 44.3 Å². The highest BCUT2D eigenvalue weighted by molar-refractivity contribution is 7.92. The Morgan fingerprint density at radius 1 is 1.06 bits per heavy atom. The summed E-state index contributed by atoms with van der Waals surface area (Å²) < 4.78 is 30.0. The first-order valence-electron chi connectivity index (χ1n) is 11.3. The number of pyridine rings is 1. The zero-order valence-electron chi connectivity index (χ0n) is 20.2. The summed E-state index contributed by atoms with van der Waals surface area (Å²) in [5.74, 6) is 0. The van der Waals surface area contributed by atoms with E-state index in [-0.39, 0.29) is 12.1 Å². The van der Waals surface area contributed by atoms with Gasteiger partial charge in [-0.15, -0.1) is 10.2 Å². The first kappa shape index (κ1) is 23.9. The summed E-state index contributed by atoms with van der Waals surface area (Å²) >= 11 is 5.85. The molecule has 2 N–H and O–H groups in total. The maximum absolute atomic E-state index is 11.8. The van der Waals surface area contributed by atoms with Crippen LogP contribution in [0, 0.1) is 20.8 Å². The molecule has 10 nitrogen and oxygen atoms in total. The van der Waals surface area contributed by atoms with Crippen molar-refractivity contribution in [1.29, 1.82) is 0 Å². The molecule has 0 unspecified atom stereocenters. The van der Waals surface area contributed by atoms with Crippen LogP contribution < -0.4 is 14.9 Å². The molecule has 36 heavy (non-hydrogen) atoms. The third-order valence-corrected chi connectivity index (χ3v) is 7.18. The molecule has 0 radical (unpaired) electrons. The van der Waals surface area contributed by atoms with Gasteiger partial charge in [0.1, 0.15) is 12.7 Å². The zero-order chi connectivity index (χ0) is 25.6. The highest BCUT2D eigenvalue weighted by Gasteiger charge is 2.42. The molecule has 1 saturated heterocycles. The largest absolute Gasteiger partial charge is 0.351 e. The number of aryl methyl sites for hydroxylation is 2. The molecule has 1 aromatic carbocycles. The predicted octanol–water partition coefficient (Wildman–Crippen LogP) is 3.26. The summed E-state index contributed by atoms with van der Waals surface area (Å²) in [6.07, 6.45) is 6.23. The Morgan fingerprint density at radius 2 is 1.81 bits per heavy atom. The van der Waals surface area contributed by atoms with E-state index in [1.807, 2.05) is 48.9 Å². The van der Waals surface area contributed by atoms with Gasteiger partial charge in [-0.05, 0) is 75.0 Å². The van der Waals surface area contributed by atoms with Crippen molar-refractivity contribution in [2.24, 2.45) is 0 Å². The number of anilines is 2. The Bertz CT molecular complexity index is 1530. The Balaban J connectivity index is 1.64. The normalized spacial score (nSPS) is 17.9. The fraction of sp³-hybridized carbons (Fsp3) is 0.250. The molecule has 186 valence electrons. The lowest BCUT2D eigenvalue weighted by atomic mass is 9.96. The predicted molar refractivity (Wildman–Crippen MR) is 142 cm³/mol. The standard InChI is InChI=1S/C24H26N8O2S2/c1-15-11-18(8-9-20(15)29-36(4,33)34)31-23(22(28-24(31)35)21-7-5-6-10-25-21)19-12-16(2)32(17(19)3)30-13-26-27-14-30/h5-14,22-23,29H,1-4H3,(H,28,35)/t22-,23-/m1/s1. The molecule has 0 saturated carbocycles. The van der Waals surface area contributed by atoms with Crippen molar-refractivity contribution in [1.82, 2.24) is 29.9 Å². The smallest absolute Gasteiger partial charge is 0.229 e. The van der Waals surface area contributed by atoms with Gasteiger partial charge < -0.3 is 10.2 Å². The van der Waals surface area contributed by atoms with E-state index in [2.05, 4.69) is 47.8 Å². The number of benzene rings is 1. The first-order chi connectivity index (χ1) is 17.1. The van der Waals surface area contributed by atoms with Crippen LogP contribution in [-0.2, 0) is 10.0 Å². The number of rotatable bonds is 6. The monoisotopic (exact) mass is 522 g/mol. The van der Waals surface area contributed by atoms with Crippen molar-refractivity contribution < 1.29 is 8.42 Å². The second-order valence-electron chi connectivity index (χ2n) is 8.85. The molecule has 0 spiro atoms. The first-order valence-corrected chi connectivity index (χ1v) is 13.6. The van der Waals surface area contributed by atoms with Gasteiger partial charge >= 0.3 is 0 Å². The summed E-state index contributed by atoms with van der Waals surface area (Å²) in [6, 6.07) is 13.1. The second kappa shape index (κ2) is 9.03. The van der Waals surface area contributed by atoms with E-state index in [9.17, 15) is 8.42 Å². The maximum Gasteiger partial charge on any atom is 0.229 e. The minimum atomic E-state index is -3.40. The third-order valence-electron chi connectivity index (χ3n) is 6.27. The maximum atomic E-state index is 11.8. The highest BCUT2D eigenvalue weighted by atomic mass is 32.2. The van der Waals surface area contributed by atoms with E-state index in [0.29, 0.717) is 10.8 Å². The van der Waals surface area contributed by atoms with E-state index in [4.69, 9.17) is 12.2 Å². The minimum absolute atomic E-state index is 0.206. The van der Waals surface area contributed by atoms with Crippen molar-refractivity contribution in [3.05, 3.63) is 89.5 Å². The molecule has 1 aliphatic heterocycles. The van der Waals surface area contributed by atoms with Crippen LogP contribution in [0.4, 0.5) is 11.4 Å². The van der Waals surface area contributed by atoms with E-state index in [0.717, 1.165) is 40.2 Å². The Kier molecular flexibility index (Phi) is 6.00. The van der Waals surface area contributed by atoms with Crippen molar-refractivity contribution in [2.45, 2.75) is 32.9 Å². The van der Waals surface area contributed by atoms with Crippen LogP contribution in [0.5, 0.6) is 0 Å². The third kappa shape index (κ3) is 4.33. The number of thiocarbonyl (C=S) groups is 1. The van der Waals surface area contributed by atoms with E-state index < -0.39 is 10.0 Å². The van der Waals surface area contributed by atoms with Gasteiger partial charge in [0.05, 0.1) is 29.7 Å². The molecule has 1 aliphatic rings. The van der Waals surface area contributed by atoms with Crippen LogP contribution >= 0.6 is 12.2 Å². The molecule has 4 aromatic rings. The van der Waals surface area contributed by atoms with Gasteiger partial charge in [0.15, 0.2) is 5.11 Å². The zero-order valence-corrected chi connectivity index (χ0v) is 21.9. The second-order valence-corrected chi connectivity index (χ2v) is 11.0. The molecule has 0 bridgehead atoms. The van der Waals surface area contributed by atoms with Crippen molar-refractivity contribution in [3.8, 4) is 0 Å². The summed E-state index contributed by atoms with van der Waals surface area (Å²) in [7, 11) is -3.40. The molecule has 4 heterocycles. The molecule has 0 amide bonds. The number of nitrogens with zero attached hydrogens (tertiary/aromatic N) is 6. The van der Waals surface area contributed by atoms with Crippen molar-refractivity contribution in [2.75, 3.05) is 15.9 Å². The number of hydrogen-bond acceptors (Lipinski definition) is 6. The molecule has 12 heteroatoms. The van der Waals surface area contributed by atoms with E-state index in [1.165, 1.54) is 0 Å². The molecule has 1 fully saturated rings. The van der Waals surface area contributed by atoms with E-state index >= 15 is 0 Å². The molecule has 0 aliphatic carbocycles. The lowest BCUT2D eigenvalue weighted by molar-refractivity contribution is 0.557. The Hall–Kier alpha value is -3.77. The van der Waals surface area contributed by atoms with Gasteiger partial charge in [0.25, 0.3) is 0 Å². The van der Waals surface area contributed by atoms with E-state index in [1.54, 1.807) is 24.9 Å². The van der Waals surface area contributed by atoms with Crippen LogP contribution in [0.15, 0.2) is 61.3 Å². The summed E-state index contributed by atoms with van der Waals surface area (Å²) in [5.41, 5.74) is 6.14. The average molecular weight is 523 g/mol. The number of sulfonamides is 1. The molecule has 5 rings (SSSR count). The van der Waals surface area contributed by atoms with Crippen molar-refractivity contribution >= 4 is 38.7 Å². The topological polar surface area (TPSA) is 110 Å². The van der Waals surface area contributed by atoms with Gasteiger partial charge in [-0.25, -0.2) is 13.1 Å². The molecular weight excluding hydrogens is 496 g/mol. The number of hydrogen-bond donors (Lipinski definition) is 2. The summed E-state index contributed by atoms with van der Waals surface area (Å²) in [6.45, 7) is 5.96. The Morgan fingerprint density at radius 3 is 2.44 bits per heavy atom. The van der Waals surface area contributed by atoms with Gasteiger partial charge in [0.2, 0.25) is 10.0 Å². The summed E-state index contributed by atoms with van der Waals surface area (Å²) in [4.78, 5) is 6.70. The average Bonchev–Trinajstić information content (AvgIpc) is 3.53. The van der Waals surface area contributed by atoms with Crippen LogP contribution in [0.3, 0.4) is 0 Å². The molecule has 3 aromatic heterocycles. The van der Waals surface area contributed by atoms with Gasteiger partial charge in [0, 0.05) is 28.8 Å². The number of nitrogens with one attached hydrogen (secondary N) is 2. The fourth-order valence-electron chi connectivity index (χ4n) is 4.79. The van der Waals surface area contributed by atoms with Gasteiger partial charge in [-0.2, -0.15) is 0 Å². The lowest BCUT2D eigenvalue weighted by Crippen LogP contribution is -2.29. The summed E-state index contributed by atoms with van der Waals surface area (Å²) in [5, 5.41) is 12.0. The van der Waals surface area contributed by atoms with Crippen molar-refractivity contribution in [3.63, 3.8) is 0 Å². The van der Waals surface area contributed by atoms with Crippen LogP contribution in [0.2, 0.25) is 0 Å². The Labute approximate surface area is 215 Å². The molecular formula is C24H26N8O2S2. The van der Waals surface area contributed by atoms with Gasteiger partial charge in [-0.1, -0.05) is 6.07 Å². The fourth-order valence-corrected chi connectivity index (χ4v) is 5.77. The SMILES string of the molecule is Cc1cc(N2C(=S)N[C@H](c3ccccn3)[C@H]2c2cc(C)n(-n3cnnc3)c2C)ccc1NS(C)(=O)=O. The van der Waals surface area contributed by atoms with Crippen LogP contribution in [0.25, 0.3) is 0 Å². The lowest BCUT2D eigenvalue weighted by Gasteiger charge is -2.28. The number of aromatic nitrogens is 5. The van der Waals surface area contributed by atoms with Gasteiger partial charge in [-0.3, -0.25) is 14.4 Å². The highest BCUT2D eigenvalue weighted by Crippen LogP contribution is 2.43. The van der Waals surface area contributed by atoms with Crippen LogP contribution in [0.1, 0.15) is 40.3 Å². The minimum Gasteiger partial charge on any atom is -0.351 e. The quantitative estimate of drug-likeness (QED) is 0.372.